The van der Waals surface area contributed by atoms with Crippen molar-refractivity contribution in [2.24, 2.45) is 0 Å². The summed E-state index contributed by atoms with van der Waals surface area (Å²) in [6, 6.07) is 3.99. The van der Waals surface area contributed by atoms with Gasteiger partial charge in [-0.3, -0.25) is 0 Å². The molecule has 1 aromatic rings. The van der Waals surface area contributed by atoms with Crippen LogP contribution in [0, 0.1) is 0 Å². The SMILES string of the molecule is CC1COC(CO)CN1c1ccc(CO)cn1. The molecule has 1 saturated heterocycles. The Kier molecular flexibility index (Phi) is 3.93. The summed E-state index contributed by atoms with van der Waals surface area (Å²) >= 11 is 0. The number of morpholine rings is 1. The molecular formula is C12H18N2O3. The number of hydrogen-bond donors (Lipinski definition) is 2. The van der Waals surface area contributed by atoms with E-state index in [9.17, 15) is 0 Å². The molecule has 17 heavy (non-hydrogen) atoms. The molecule has 0 bridgehead atoms. The molecule has 0 spiro atoms. The van der Waals surface area contributed by atoms with E-state index in [1.807, 2.05) is 12.1 Å². The van der Waals surface area contributed by atoms with Gasteiger partial charge in [0.25, 0.3) is 0 Å². The third-order valence-corrected chi connectivity index (χ3v) is 3.00. The number of pyridine rings is 1. The van der Waals surface area contributed by atoms with Crippen LogP contribution in [0.5, 0.6) is 0 Å². The molecule has 0 radical (unpaired) electrons. The highest BCUT2D eigenvalue weighted by Gasteiger charge is 2.26. The van der Waals surface area contributed by atoms with Crippen molar-refractivity contribution in [2.75, 3.05) is 24.7 Å². The molecule has 2 rings (SSSR count). The molecule has 2 N–H and O–H groups in total. The summed E-state index contributed by atoms with van der Waals surface area (Å²) in [6.45, 7) is 3.33. The minimum atomic E-state index is -0.148. The van der Waals surface area contributed by atoms with Gasteiger partial charge in [0.1, 0.15) is 5.82 Å². The highest BCUT2D eigenvalue weighted by atomic mass is 16.5. The van der Waals surface area contributed by atoms with Crippen LogP contribution in [0.2, 0.25) is 0 Å². The number of aliphatic hydroxyl groups is 2. The summed E-state index contributed by atoms with van der Waals surface area (Å²) < 4.78 is 5.48. The molecule has 0 saturated carbocycles. The summed E-state index contributed by atoms with van der Waals surface area (Å²) in [6.07, 6.45) is 1.52. The van der Waals surface area contributed by atoms with Gasteiger partial charge in [0, 0.05) is 12.7 Å². The molecule has 5 nitrogen and oxygen atoms in total. The third-order valence-electron chi connectivity index (χ3n) is 3.00. The smallest absolute Gasteiger partial charge is 0.128 e. The van der Waals surface area contributed by atoms with Crippen molar-refractivity contribution in [3.05, 3.63) is 23.9 Å². The van der Waals surface area contributed by atoms with E-state index in [4.69, 9.17) is 14.9 Å². The van der Waals surface area contributed by atoms with Gasteiger partial charge in [-0.15, -0.1) is 0 Å². The van der Waals surface area contributed by atoms with Crippen LogP contribution in [-0.4, -0.2) is 47.1 Å². The van der Waals surface area contributed by atoms with Crippen LogP contribution >= 0.6 is 0 Å². The van der Waals surface area contributed by atoms with Crippen molar-refractivity contribution in [3.8, 4) is 0 Å². The maximum absolute atomic E-state index is 9.12. The average Bonchev–Trinajstić information content (AvgIpc) is 2.39. The Morgan fingerprint density at radius 1 is 1.47 bits per heavy atom. The van der Waals surface area contributed by atoms with Gasteiger partial charge in [-0.1, -0.05) is 6.07 Å². The fraction of sp³-hybridized carbons (Fsp3) is 0.583. The minimum absolute atomic E-state index is 0.00517. The van der Waals surface area contributed by atoms with Crippen LogP contribution < -0.4 is 4.90 Å². The van der Waals surface area contributed by atoms with Crippen molar-refractivity contribution in [2.45, 2.75) is 25.7 Å². The second-order valence-electron chi connectivity index (χ2n) is 4.32. The number of rotatable bonds is 3. The van der Waals surface area contributed by atoms with Gasteiger partial charge < -0.3 is 19.8 Å². The zero-order valence-electron chi connectivity index (χ0n) is 9.91. The maximum Gasteiger partial charge on any atom is 0.128 e. The van der Waals surface area contributed by atoms with Crippen LogP contribution in [0.15, 0.2) is 18.3 Å². The molecule has 0 aliphatic carbocycles. The number of anilines is 1. The Balaban J connectivity index is 2.12. The summed E-state index contributed by atoms with van der Waals surface area (Å²) in [5.74, 6) is 0.858. The summed E-state index contributed by atoms with van der Waals surface area (Å²) in [7, 11) is 0. The molecular weight excluding hydrogens is 220 g/mol. The van der Waals surface area contributed by atoms with E-state index in [2.05, 4.69) is 16.8 Å². The quantitative estimate of drug-likeness (QED) is 0.785. The Morgan fingerprint density at radius 2 is 2.29 bits per heavy atom. The molecule has 0 amide bonds. The molecule has 2 heterocycles. The first-order valence-corrected chi connectivity index (χ1v) is 5.79. The molecule has 1 aliphatic rings. The van der Waals surface area contributed by atoms with Crippen molar-refractivity contribution < 1.29 is 14.9 Å². The first-order chi connectivity index (χ1) is 8.24. The number of aliphatic hydroxyl groups excluding tert-OH is 2. The molecule has 1 fully saturated rings. The first kappa shape index (κ1) is 12.3. The standard InChI is InChI=1S/C12H18N2O3/c1-9-8-17-11(7-16)5-14(9)12-3-2-10(6-15)4-13-12/h2-4,9,11,15-16H,5-8H2,1H3. The van der Waals surface area contributed by atoms with E-state index < -0.39 is 0 Å². The highest BCUT2D eigenvalue weighted by molar-refractivity contribution is 5.41. The van der Waals surface area contributed by atoms with Gasteiger partial charge in [0.2, 0.25) is 0 Å². The van der Waals surface area contributed by atoms with Crippen molar-refractivity contribution in [3.63, 3.8) is 0 Å². The van der Waals surface area contributed by atoms with Gasteiger partial charge in [0.05, 0.1) is 32.0 Å². The van der Waals surface area contributed by atoms with Crippen LogP contribution in [0.4, 0.5) is 5.82 Å². The molecule has 2 atom stereocenters. The second-order valence-corrected chi connectivity index (χ2v) is 4.32. The topological polar surface area (TPSA) is 65.8 Å². The molecule has 94 valence electrons. The van der Waals surface area contributed by atoms with E-state index in [0.29, 0.717) is 13.2 Å². The predicted octanol–water partition coefficient (Wildman–Crippen LogP) is 0.160. The largest absolute Gasteiger partial charge is 0.394 e. The zero-order chi connectivity index (χ0) is 12.3. The lowest BCUT2D eigenvalue weighted by Gasteiger charge is -2.38. The normalized spacial score (nSPS) is 25.0. The van der Waals surface area contributed by atoms with Crippen molar-refractivity contribution in [1.82, 2.24) is 4.98 Å². The average molecular weight is 238 g/mol. The second kappa shape index (κ2) is 5.44. The summed E-state index contributed by atoms with van der Waals surface area (Å²) in [5, 5.41) is 18.1. The van der Waals surface area contributed by atoms with E-state index in [1.165, 1.54) is 0 Å². The van der Waals surface area contributed by atoms with Crippen LogP contribution in [0.3, 0.4) is 0 Å². The maximum atomic E-state index is 9.12. The van der Waals surface area contributed by atoms with Crippen molar-refractivity contribution in [1.29, 1.82) is 0 Å². The predicted molar refractivity (Wildman–Crippen MR) is 63.8 cm³/mol. The van der Waals surface area contributed by atoms with Crippen molar-refractivity contribution >= 4 is 5.82 Å². The molecule has 1 aliphatic heterocycles. The zero-order valence-corrected chi connectivity index (χ0v) is 9.91. The fourth-order valence-electron chi connectivity index (χ4n) is 1.93. The lowest BCUT2D eigenvalue weighted by molar-refractivity contribution is -0.0105. The molecule has 1 aromatic heterocycles. The third kappa shape index (κ3) is 2.74. The summed E-state index contributed by atoms with van der Waals surface area (Å²) in [5.41, 5.74) is 0.799. The van der Waals surface area contributed by atoms with Gasteiger partial charge in [-0.2, -0.15) is 0 Å². The Hall–Kier alpha value is -1.17. The van der Waals surface area contributed by atoms with Gasteiger partial charge in [-0.05, 0) is 18.6 Å². The van der Waals surface area contributed by atoms with Gasteiger partial charge >= 0.3 is 0 Å². The van der Waals surface area contributed by atoms with E-state index in [-0.39, 0.29) is 25.4 Å². The van der Waals surface area contributed by atoms with Gasteiger partial charge in [0.15, 0.2) is 0 Å². The Bertz CT molecular complexity index is 355. The lowest BCUT2D eigenvalue weighted by Crippen LogP contribution is -2.49. The van der Waals surface area contributed by atoms with E-state index >= 15 is 0 Å². The highest BCUT2D eigenvalue weighted by Crippen LogP contribution is 2.19. The van der Waals surface area contributed by atoms with Crippen LogP contribution in [0.1, 0.15) is 12.5 Å². The fourth-order valence-corrected chi connectivity index (χ4v) is 1.93. The summed E-state index contributed by atoms with van der Waals surface area (Å²) in [4.78, 5) is 6.44. The number of ether oxygens (including phenoxy) is 1. The Morgan fingerprint density at radius 3 is 2.88 bits per heavy atom. The molecule has 2 unspecified atom stereocenters. The first-order valence-electron chi connectivity index (χ1n) is 5.79. The monoisotopic (exact) mass is 238 g/mol. The van der Waals surface area contributed by atoms with Crippen LogP contribution in [-0.2, 0) is 11.3 Å². The number of hydrogen-bond acceptors (Lipinski definition) is 5. The number of nitrogens with zero attached hydrogens (tertiary/aromatic N) is 2. The number of aromatic nitrogens is 1. The lowest BCUT2D eigenvalue weighted by atomic mass is 10.2. The van der Waals surface area contributed by atoms with E-state index in [1.54, 1.807) is 6.20 Å². The van der Waals surface area contributed by atoms with E-state index in [0.717, 1.165) is 11.4 Å². The van der Waals surface area contributed by atoms with Gasteiger partial charge in [-0.25, -0.2) is 4.98 Å². The molecule has 5 heteroatoms. The van der Waals surface area contributed by atoms with Crippen LogP contribution in [0.25, 0.3) is 0 Å². The Labute approximate surface area is 101 Å². The molecule has 0 aromatic carbocycles. The minimum Gasteiger partial charge on any atom is -0.394 e.